The summed E-state index contributed by atoms with van der Waals surface area (Å²) in [5.74, 6) is 1.05. The SMILES string of the molecule is CCc1ccc(COc2ccc3c(c2)C(=O)CCC3)s1. The molecule has 1 aromatic carbocycles. The highest BCUT2D eigenvalue weighted by Gasteiger charge is 2.17. The van der Waals surface area contributed by atoms with Crippen LogP contribution in [0.1, 0.15) is 45.4 Å². The van der Waals surface area contributed by atoms with E-state index in [4.69, 9.17) is 4.74 Å². The number of Topliss-reactive ketones (excluding diaryl/α,β-unsaturated/α-hetero) is 1. The predicted molar refractivity (Wildman–Crippen MR) is 81.7 cm³/mol. The fraction of sp³-hybridized carbons (Fsp3) is 0.353. The standard InChI is InChI=1S/C17H18O2S/c1-2-14-8-9-15(20-14)11-19-13-7-6-12-4-3-5-17(18)16(12)10-13/h6-10H,2-5,11H2,1H3. The zero-order chi connectivity index (χ0) is 13.9. The molecule has 20 heavy (non-hydrogen) atoms. The van der Waals surface area contributed by atoms with E-state index in [-0.39, 0.29) is 5.78 Å². The van der Waals surface area contributed by atoms with Crippen molar-refractivity contribution in [2.45, 2.75) is 39.2 Å². The molecule has 0 radical (unpaired) electrons. The molecule has 1 aromatic heterocycles. The molecule has 0 fully saturated rings. The molecule has 3 rings (SSSR count). The first-order valence-corrected chi connectivity index (χ1v) is 7.94. The molecule has 0 saturated carbocycles. The maximum absolute atomic E-state index is 11.9. The normalized spacial score (nSPS) is 14.2. The molecular weight excluding hydrogens is 268 g/mol. The lowest BCUT2D eigenvalue weighted by Crippen LogP contribution is -2.10. The maximum Gasteiger partial charge on any atom is 0.163 e. The summed E-state index contributed by atoms with van der Waals surface area (Å²) in [7, 11) is 0. The largest absolute Gasteiger partial charge is 0.488 e. The second-order valence-corrected chi connectivity index (χ2v) is 6.36. The summed E-state index contributed by atoms with van der Waals surface area (Å²) >= 11 is 1.79. The highest BCUT2D eigenvalue weighted by atomic mass is 32.1. The number of benzene rings is 1. The Morgan fingerprint density at radius 2 is 2.00 bits per heavy atom. The summed E-state index contributed by atoms with van der Waals surface area (Å²) in [5.41, 5.74) is 2.02. The average molecular weight is 286 g/mol. The molecule has 0 atom stereocenters. The van der Waals surface area contributed by atoms with Crippen molar-refractivity contribution in [3.8, 4) is 5.75 Å². The molecule has 3 heteroatoms. The van der Waals surface area contributed by atoms with Crippen molar-refractivity contribution in [3.63, 3.8) is 0 Å². The van der Waals surface area contributed by atoms with Gasteiger partial charge in [0.2, 0.25) is 0 Å². The molecule has 0 saturated heterocycles. The molecule has 0 bridgehead atoms. The summed E-state index contributed by atoms with van der Waals surface area (Å²) in [6, 6.07) is 10.2. The predicted octanol–water partition coefficient (Wildman–Crippen LogP) is 4.41. The molecule has 0 aliphatic heterocycles. The molecule has 1 heterocycles. The lowest BCUT2D eigenvalue weighted by Gasteiger charge is -2.15. The number of carbonyl (C=O) groups excluding carboxylic acids is 1. The number of hydrogen-bond acceptors (Lipinski definition) is 3. The average Bonchev–Trinajstić information content (AvgIpc) is 2.94. The van der Waals surface area contributed by atoms with Gasteiger partial charge in [0.25, 0.3) is 0 Å². The number of rotatable bonds is 4. The van der Waals surface area contributed by atoms with Crippen molar-refractivity contribution in [2.75, 3.05) is 0 Å². The number of ether oxygens (including phenoxy) is 1. The van der Waals surface area contributed by atoms with Crippen LogP contribution in [0.25, 0.3) is 0 Å². The van der Waals surface area contributed by atoms with Crippen LogP contribution in [0.3, 0.4) is 0 Å². The van der Waals surface area contributed by atoms with Crippen molar-refractivity contribution in [1.82, 2.24) is 0 Å². The van der Waals surface area contributed by atoms with Gasteiger partial charge in [0.1, 0.15) is 12.4 Å². The topological polar surface area (TPSA) is 26.3 Å². The summed E-state index contributed by atoms with van der Waals surface area (Å²) in [6.07, 6.45) is 3.71. The van der Waals surface area contributed by atoms with E-state index in [2.05, 4.69) is 19.1 Å². The van der Waals surface area contributed by atoms with Crippen LogP contribution in [-0.4, -0.2) is 5.78 Å². The van der Waals surface area contributed by atoms with E-state index in [1.165, 1.54) is 9.75 Å². The second kappa shape index (κ2) is 5.80. The van der Waals surface area contributed by atoms with Crippen LogP contribution >= 0.6 is 11.3 Å². The fourth-order valence-electron chi connectivity index (χ4n) is 2.54. The first-order chi connectivity index (χ1) is 9.76. The van der Waals surface area contributed by atoms with Gasteiger partial charge in [0.05, 0.1) is 0 Å². The van der Waals surface area contributed by atoms with Crippen LogP contribution in [0.4, 0.5) is 0 Å². The number of hydrogen-bond donors (Lipinski definition) is 0. The molecule has 0 spiro atoms. The zero-order valence-electron chi connectivity index (χ0n) is 11.6. The van der Waals surface area contributed by atoms with Crippen molar-refractivity contribution in [1.29, 1.82) is 0 Å². The molecule has 1 aliphatic carbocycles. The van der Waals surface area contributed by atoms with Gasteiger partial charge in [-0.05, 0) is 49.1 Å². The van der Waals surface area contributed by atoms with E-state index < -0.39 is 0 Å². The fourth-order valence-corrected chi connectivity index (χ4v) is 3.41. The molecule has 0 N–H and O–H groups in total. The molecule has 2 aromatic rings. The highest BCUT2D eigenvalue weighted by molar-refractivity contribution is 7.11. The third kappa shape index (κ3) is 2.78. The number of aryl methyl sites for hydroxylation is 2. The van der Waals surface area contributed by atoms with E-state index in [1.54, 1.807) is 11.3 Å². The first-order valence-electron chi connectivity index (χ1n) is 7.13. The van der Waals surface area contributed by atoms with Crippen molar-refractivity contribution < 1.29 is 9.53 Å². The van der Waals surface area contributed by atoms with E-state index in [0.29, 0.717) is 13.0 Å². The van der Waals surface area contributed by atoms with Crippen LogP contribution in [-0.2, 0) is 19.4 Å². The Balaban J connectivity index is 1.71. The molecule has 0 unspecified atom stereocenters. The van der Waals surface area contributed by atoms with Gasteiger partial charge >= 0.3 is 0 Å². The summed E-state index contributed by atoms with van der Waals surface area (Å²) < 4.78 is 5.82. The van der Waals surface area contributed by atoms with Gasteiger partial charge in [-0.3, -0.25) is 4.79 Å². The number of carbonyl (C=O) groups is 1. The second-order valence-electron chi connectivity index (χ2n) is 5.11. The van der Waals surface area contributed by atoms with E-state index >= 15 is 0 Å². The lowest BCUT2D eigenvalue weighted by molar-refractivity contribution is 0.0972. The van der Waals surface area contributed by atoms with Crippen LogP contribution in [0, 0.1) is 0 Å². The Labute approximate surface area is 123 Å². The molecule has 2 nitrogen and oxygen atoms in total. The maximum atomic E-state index is 11.9. The Kier molecular flexibility index (Phi) is 3.88. The molecule has 1 aliphatic rings. The highest BCUT2D eigenvalue weighted by Crippen LogP contribution is 2.26. The summed E-state index contributed by atoms with van der Waals surface area (Å²) in [5, 5.41) is 0. The van der Waals surface area contributed by atoms with Crippen molar-refractivity contribution in [2.24, 2.45) is 0 Å². The Morgan fingerprint density at radius 1 is 1.15 bits per heavy atom. The smallest absolute Gasteiger partial charge is 0.163 e. The Morgan fingerprint density at radius 3 is 2.80 bits per heavy atom. The van der Waals surface area contributed by atoms with Gasteiger partial charge in [-0.1, -0.05) is 13.0 Å². The van der Waals surface area contributed by atoms with E-state index in [0.717, 1.165) is 36.1 Å². The van der Waals surface area contributed by atoms with Gasteiger partial charge in [0, 0.05) is 21.7 Å². The van der Waals surface area contributed by atoms with Crippen LogP contribution < -0.4 is 4.74 Å². The van der Waals surface area contributed by atoms with E-state index in [9.17, 15) is 4.79 Å². The molecule has 0 amide bonds. The first kappa shape index (κ1) is 13.4. The zero-order valence-corrected chi connectivity index (χ0v) is 12.5. The monoisotopic (exact) mass is 286 g/mol. The summed E-state index contributed by atoms with van der Waals surface area (Å²) in [6.45, 7) is 2.74. The minimum atomic E-state index is 0.251. The van der Waals surface area contributed by atoms with Crippen molar-refractivity contribution >= 4 is 17.1 Å². The van der Waals surface area contributed by atoms with Gasteiger partial charge in [0.15, 0.2) is 5.78 Å². The summed E-state index contributed by atoms with van der Waals surface area (Å²) in [4.78, 5) is 14.5. The van der Waals surface area contributed by atoms with Gasteiger partial charge < -0.3 is 4.74 Å². The molecule has 104 valence electrons. The van der Waals surface area contributed by atoms with Crippen LogP contribution in [0.2, 0.25) is 0 Å². The Bertz CT molecular complexity index is 628. The van der Waals surface area contributed by atoms with Crippen LogP contribution in [0.15, 0.2) is 30.3 Å². The lowest BCUT2D eigenvalue weighted by atomic mass is 9.90. The quantitative estimate of drug-likeness (QED) is 0.832. The van der Waals surface area contributed by atoms with Gasteiger partial charge in [-0.2, -0.15) is 0 Å². The number of fused-ring (bicyclic) bond motifs is 1. The van der Waals surface area contributed by atoms with E-state index in [1.807, 2.05) is 18.2 Å². The third-order valence-corrected chi connectivity index (χ3v) is 4.88. The minimum Gasteiger partial charge on any atom is -0.488 e. The number of thiophene rings is 1. The third-order valence-electron chi connectivity index (χ3n) is 3.68. The minimum absolute atomic E-state index is 0.251. The molecular formula is C17H18O2S. The van der Waals surface area contributed by atoms with Gasteiger partial charge in [-0.15, -0.1) is 11.3 Å². The van der Waals surface area contributed by atoms with Crippen molar-refractivity contribution in [3.05, 3.63) is 51.2 Å². The number of ketones is 1. The van der Waals surface area contributed by atoms with Crippen LogP contribution in [0.5, 0.6) is 5.75 Å². The van der Waals surface area contributed by atoms with Gasteiger partial charge in [-0.25, -0.2) is 0 Å². The Hall–Kier alpha value is -1.61.